The van der Waals surface area contributed by atoms with Gasteiger partial charge in [0.2, 0.25) is 0 Å². The molecule has 1 atom stereocenters. The van der Waals surface area contributed by atoms with Crippen molar-refractivity contribution in [1.82, 2.24) is 0 Å². The van der Waals surface area contributed by atoms with E-state index in [1.165, 1.54) is 12.1 Å². The Morgan fingerprint density at radius 1 is 1.42 bits per heavy atom. The lowest BCUT2D eigenvalue weighted by molar-refractivity contribution is -0.149. The van der Waals surface area contributed by atoms with E-state index < -0.39 is 35.4 Å². The van der Waals surface area contributed by atoms with Gasteiger partial charge < -0.3 is 20.9 Å². The van der Waals surface area contributed by atoms with Crippen LogP contribution in [0.5, 0.6) is 0 Å². The first-order chi connectivity index (χ1) is 11.1. The van der Waals surface area contributed by atoms with Crippen LogP contribution >= 0.6 is 0 Å². The van der Waals surface area contributed by atoms with Crippen molar-refractivity contribution < 1.29 is 23.8 Å². The Balaban J connectivity index is 3.26. The van der Waals surface area contributed by atoms with Gasteiger partial charge in [0, 0.05) is 18.4 Å². The van der Waals surface area contributed by atoms with Crippen molar-refractivity contribution in [3.05, 3.63) is 29.6 Å². The Bertz CT molecular complexity index is 679. The number of primary amides is 1. The number of nitrogens with zero attached hydrogens (tertiary/aromatic N) is 1. The van der Waals surface area contributed by atoms with Crippen LogP contribution in [0.1, 0.15) is 32.8 Å². The van der Waals surface area contributed by atoms with Gasteiger partial charge in [-0.3, -0.25) is 4.79 Å². The third-order valence-corrected chi connectivity index (χ3v) is 3.66. The molecule has 0 aromatic heterocycles. The van der Waals surface area contributed by atoms with E-state index in [1.807, 2.05) is 0 Å². The number of carbonyl (C=O) groups is 2. The Labute approximate surface area is 139 Å². The van der Waals surface area contributed by atoms with Crippen molar-refractivity contribution in [3.8, 4) is 6.07 Å². The number of ether oxygens (including phenoxy) is 1. The number of aliphatic hydroxyl groups excluding tert-OH is 1. The number of nitrogens with one attached hydrogen (secondary N) is 1. The van der Waals surface area contributed by atoms with Gasteiger partial charge in [-0.25, -0.2) is 9.18 Å². The zero-order valence-electron chi connectivity index (χ0n) is 13.7. The molecule has 8 heteroatoms. The number of amides is 2. The number of carbonyl (C=O) groups excluding carboxylic acids is 2. The third kappa shape index (κ3) is 4.00. The van der Waals surface area contributed by atoms with Gasteiger partial charge in [-0.15, -0.1) is 0 Å². The van der Waals surface area contributed by atoms with Crippen LogP contribution in [0.2, 0.25) is 0 Å². The topological polar surface area (TPSA) is 125 Å². The van der Waals surface area contributed by atoms with Crippen LogP contribution in [0.15, 0.2) is 18.2 Å². The highest BCUT2D eigenvalue weighted by Gasteiger charge is 2.51. The van der Waals surface area contributed by atoms with Gasteiger partial charge in [0.25, 0.3) is 5.91 Å². The lowest BCUT2D eigenvalue weighted by Crippen LogP contribution is -2.57. The summed E-state index contributed by atoms with van der Waals surface area (Å²) in [5.41, 5.74) is 2.25. The Morgan fingerprint density at radius 3 is 2.46 bits per heavy atom. The van der Waals surface area contributed by atoms with Gasteiger partial charge in [-0.05, 0) is 18.2 Å². The average molecular weight is 337 g/mol. The summed E-state index contributed by atoms with van der Waals surface area (Å²) in [6.45, 7) is 4.43. The lowest BCUT2D eigenvalue weighted by Gasteiger charge is -2.41. The minimum atomic E-state index is -1.80. The molecule has 0 radical (unpaired) electrons. The van der Waals surface area contributed by atoms with E-state index in [1.54, 1.807) is 26.8 Å². The van der Waals surface area contributed by atoms with Crippen LogP contribution in [-0.4, -0.2) is 29.3 Å². The van der Waals surface area contributed by atoms with Crippen LogP contribution in [0, 0.1) is 22.6 Å². The van der Waals surface area contributed by atoms with E-state index in [9.17, 15) is 19.1 Å². The molecule has 0 aliphatic carbocycles. The van der Waals surface area contributed by atoms with Crippen molar-refractivity contribution in [1.29, 1.82) is 5.26 Å². The minimum absolute atomic E-state index is 0.0938. The zero-order valence-corrected chi connectivity index (χ0v) is 13.7. The molecule has 4 N–H and O–H groups in total. The van der Waals surface area contributed by atoms with Gasteiger partial charge in [-0.1, -0.05) is 20.8 Å². The molecule has 0 aliphatic rings. The van der Waals surface area contributed by atoms with Crippen LogP contribution in [-0.2, 0) is 9.53 Å². The molecule has 7 nitrogen and oxygen atoms in total. The largest absolute Gasteiger partial charge is 0.432 e. The molecular formula is C16H20FN3O4. The molecule has 0 spiro atoms. The van der Waals surface area contributed by atoms with Gasteiger partial charge in [0.1, 0.15) is 5.82 Å². The molecule has 0 saturated heterocycles. The maximum Gasteiger partial charge on any atom is 0.405 e. The molecule has 0 aliphatic heterocycles. The number of hydrogen-bond acceptors (Lipinski definition) is 5. The first-order valence-corrected chi connectivity index (χ1v) is 7.18. The van der Waals surface area contributed by atoms with Crippen molar-refractivity contribution in [3.63, 3.8) is 0 Å². The predicted octanol–water partition coefficient (Wildman–Crippen LogP) is 1.90. The van der Waals surface area contributed by atoms with E-state index in [2.05, 4.69) is 5.32 Å². The maximum absolute atomic E-state index is 14.0. The standard InChI is InChI=1S/C16H20FN3O4/c1-15(2,3)16(6-7-21,24-14(19)23)13(22)20-12-5-4-10(9-18)8-11(12)17/h4-5,8,21H,6-7H2,1-3H3,(H2,19,23)(H,20,22). The number of hydrogen-bond donors (Lipinski definition) is 3. The summed E-state index contributed by atoms with van der Waals surface area (Å²) in [6.07, 6.45) is -1.41. The van der Waals surface area contributed by atoms with E-state index in [-0.39, 0.29) is 17.7 Å². The highest BCUT2D eigenvalue weighted by atomic mass is 19.1. The van der Waals surface area contributed by atoms with Crippen LogP contribution in [0.25, 0.3) is 0 Å². The summed E-state index contributed by atoms with van der Waals surface area (Å²) >= 11 is 0. The lowest BCUT2D eigenvalue weighted by atomic mass is 9.73. The van der Waals surface area contributed by atoms with Crippen molar-refractivity contribution in [2.24, 2.45) is 11.1 Å². The fourth-order valence-corrected chi connectivity index (χ4v) is 2.32. The minimum Gasteiger partial charge on any atom is -0.432 e. The van der Waals surface area contributed by atoms with E-state index in [4.69, 9.17) is 15.7 Å². The SMILES string of the molecule is CC(C)(C)C(CCO)(OC(N)=O)C(=O)Nc1ccc(C#N)cc1F. The molecule has 1 aromatic rings. The highest BCUT2D eigenvalue weighted by Crippen LogP contribution is 2.38. The van der Waals surface area contributed by atoms with E-state index in [0.717, 1.165) is 6.07 Å². The first kappa shape index (κ1) is 19.4. The van der Waals surface area contributed by atoms with Gasteiger partial charge in [-0.2, -0.15) is 5.26 Å². The summed E-state index contributed by atoms with van der Waals surface area (Å²) < 4.78 is 19.0. The molecule has 0 heterocycles. The molecule has 1 rings (SSSR count). The van der Waals surface area contributed by atoms with E-state index >= 15 is 0 Å². The summed E-state index contributed by atoms with van der Waals surface area (Å²) in [6, 6.07) is 5.30. The number of nitriles is 1. The summed E-state index contributed by atoms with van der Waals surface area (Å²) in [7, 11) is 0. The second-order valence-corrected chi connectivity index (χ2v) is 6.23. The quantitative estimate of drug-likeness (QED) is 0.756. The van der Waals surface area contributed by atoms with Crippen molar-refractivity contribution in [2.75, 3.05) is 11.9 Å². The number of anilines is 1. The van der Waals surface area contributed by atoms with Gasteiger partial charge in [0.15, 0.2) is 5.60 Å². The molecule has 24 heavy (non-hydrogen) atoms. The molecule has 130 valence electrons. The fraction of sp³-hybridized carbons (Fsp3) is 0.438. The number of nitrogens with two attached hydrogens (primary N) is 1. The highest BCUT2D eigenvalue weighted by molar-refractivity contribution is 5.99. The molecule has 1 unspecified atom stereocenters. The Kier molecular flexibility index (Phi) is 5.88. The number of aliphatic hydroxyl groups is 1. The summed E-state index contributed by atoms with van der Waals surface area (Å²) in [5.74, 6) is -1.64. The fourth-order valence-electron chi connectivity index (χ4n) is 2.32. The Hall–Kier alpha value is -2.66. The number of benzene rings is 1. The number of halogens is 1. The Morgan fingerprint density at radius 2 is 2.04 bits per heavy atom. The predicted molar refractivity (Wildman–Crippen MR) is 84.3 cm³/mol. The average Bonchev–Trinajstić information content (AvgIpc) is 2.46. The monoisotopic (exact) mass is 337 g/mol. The molecule has 0 saturated carbocycles. The summed E-state index contributed by atoms with van der Waals surface area (Å²) in [4.78, 5) is 24.0. The maximum atomic E-state index is 14.0. The normalized spacial score (nSPS) is 13.5. The molecule has 0 fully saturated rings. The molecule has 2 amide bonds. The number of rotatable bonds is 5. The van der Waals surface area contributed by atoms with E-state index in [0.29, 0.717) is 0 Å². The van der Waals surface area contributed by atoms with Crippen LogP contribution < -0.4 is 11.1 Å². The smallest absolute Gasteiger partial charge is 0.405 e. The van der Waals surface area contributed by atoms with Gasteiger partial charge in [0.05, 0.1) is 17.3 Å². The van der Waals surface area contributed by atoms with Gasteiger partial charge >= 0.3 is 6.09 Å². The van der Waals surface area contributed by atoms with Crippen LogP contribution in [0.4, 0.5) is 14.9 Å². The molecule has 1 aromatic carbocycles. The molecule has 0 bridgehead atoms. The third-order valence-electron chi connectivity index (χ3n) is 3.66. The molecular weight excluding hydrogens is 317 g/mol. The van der Waals surface area contributed by atoms with Crippen molar-refractivity contribution in [2.45, 2.75) is 32.8 Å². The second-order valence-electron chi connectivity index (χ2n) is 6.23. The summed E-state index contributed by atoms with van der Waals surface area (Å²) in [5, 5.41) is 20.4. The zero-order chi connectivity index (χ0) is 18.5. The van der Waals surface area contributed by atoms with Crippen LogP contribution in [0.3, 0.4) is 0 Å². The first-order valence-electron chi connectivity index (χ1n) is 7.18. The second kappa shape index (κ2) is 7.27. The van der Waals surface area contributed by atoms with Crippen molar-refractivity contribution >= 4 is 17.7 Å².